The van der Waals surface area contributed by atoms with Gasteiger partial charge >= 0.3 is 6.09 Å². The van der Waals surface area contributed by atoms with Crippen LogP contribution in [0, 0.1) is 0 Å². The Hall–Kier alpha value is -2.28. The van der Waals surface area contributed by atoms with Gasteiger partial charge in [0.2, 0.25) is 5.88 Å². The molecule has 0 bridgehead atoms. The van der Waals surface area contributed by atoms with Gasteiger partial charge in [-0.1, -0.05) is 6.92 Å². The summed E-state index contributed by atoms with van der Waals surface area (Å²) in [5.41, 5.74) is 0.864. The van der Waals surface area contributed by atoms with Gasteiger partial charge in [0, 0.05) is 50.2 Å². The summed E-state index contributed by atoms with van der Waals surface area (Å²) in [5, 5.41) is 3.69. The van der Waals surface area contributed by atoms with E-state index in [1.807, 2.05) is 19.1 Å². The number of H-pyrrole nitrogens is 1. The minimum Gasteiger partial charge on any atom is -0.393 e. The number of amides is 1. The van der Waals surface area contributed by atoms with Crippen LogP contribution in [0.3, 0.4) is 0 Å². The van der Waals surface area contributed by atoms with Crippen molar-refractivity contribution in [3.63, 3.8) is 0 Å². The molecule has 1 aliphatic heterocycles. The fourth-order valence-electron chi connectivity index (χ4n) is 3.05. The van der Waals surface area contributed by atoms with Gasteiger partial charge in [-0.3, -0.25) is 4.90 Å². The Bertz CT molecular complexity index is 719. The maximum Gasteiger partial charge on any atom is 0.413 e. The molecule has 1 amide bonds. The molecule has 7 heteroatoms. The van der Waals surface area contributed by atoms with E-state index in [0.29, 0.717) is 18.5 Å². The fourth-order valence-corrected chi connectivity index (χ4v) is 3.05. The Morgan fingerprint density at radius 3 is 2.76 bits per heavy atom. The largest absolute Gasteiger partial charge is 0.413 e. The van der Waals surface area contributed by atoms with Gasteiger partial charge in [-0.25, -0.2) is 9.78 Å². The zero-order valence-corrected chi connectivity index (χ0v) is 15.2. The van der Waals surface area contributed by atoms with Crippen molar-refractivity contribution < 1.29 is 9.53 Å². The van der Waals surface area contributed by atoms with Gasteiger partial charge in [-0.15, -0.1) is 0 Å². The first-order valence-electron chi connectivity index (χ1n) is 9.00. The molecule has 2 aromatic heterocycles. The summed E-state index contributed by atoms with van der Waals surface area (Å²) in [4.78, 5) is 24.1. The normalized spacial score (nSPS) is 15.8. The number of fused-ring (bicyclic) bond motifs is 1. The lowest BCUT2D eigenvalue weighted by molar-refractivity contribution is 0.199. The van der Waals surface area contributed by atoms with Crippen molar-refractivity contribution in [3.05, 3.63) is 18.3 Å². The number of hydrogen-bond acceptors (Lipinski definition) is 5. The second kappa shape index (κ2) is 7.74. The summed E-state index contributed by atoms with van der Waals surface area (Å²) >= 11 is 0. The van der Waals surface area contributed by atoms with Crippen LogP contribution in [0.5, 0.6) is 5.88 Å². The maximum absolute atomic E-state index is 11.7. The molecule has 136 valence electrons. The molecule has 0 unspecified atom stereocenters. The molecule has 0 radical (unpaired) electrons. The summed E-state index contributed by atoms with van der Waals surface area (Å²) in [7, 11) is 0. The minimum atomic E-state index is -0.439. The number of rotatable bonds is 5. The number of carbonyl (C=O) groups excluding carboxylic acids is 1. The van der Waals surface area contributed by atoms with Crippen molar-refractivity contribution in [2.45, 2.75) is 33.2 Å². The molecule has 1 fully saturated rings. The highest BCUT2D eigenvalue weighted by Gasteiger charge is 2.20. The Labute approximate surface area is 148 Å². The number of piperazine rings is 1. The smallest absolute Gasteiger partial charge is 0.393 e. The van der Waals surface area contributed by atoms with Gasteiger partial charge < -0.3 is 19.9 Å². The molecule has 1 aliphatic rings. The van der Waals surface area contributed by atoms with Crippen LogP contribution in [0.4, 0.5) is 10.6 Å². The zero-order chi connectivity index (χ0) is 17.8. The highest BCUT2D eigenvalue weighted by atomic mass is 16.6. The van der Waals surface area contributed by atoms with E-state index < -0.39 is 6.09 Å². The molecular weight excluding hydrogens is 318 g/mol. The van der Waals surface area contributed by atoms with E-state index in [0.717, 1.165) is 49.3 Å². The van der Waals surface area contributed by atoms with Gasteiger partial charge in [-0.05, 0) is 26.3 Å². The van der Waals surface area contributed by atoms with E-state index in [1.165, 1.54) is 0 Å². The summed E-state index contributed by atoms with van der Waals surface area (Å²) in [6.45, 7) is 11.1. The third-order valence-electron chi connectivity index (χ3n) is 4.56. The van der Waals surface area contributed by atoms with Crippen molar-refractivity contribution in [3.8, 4) is 5.88 Å². The first-order chi connectivity index (χ1) is 12.1. The highest BCUT2D eigenvalue weighted by molar-refractivity contribution is 5.84. The molecule has 2 aromatic rings. The van der Waals surface area contributed by atoms with Crippen LogP contribution in [-0.2, 0) is 0 Å². The molecule has 1 saturated heterocycles. The Morgan fingerprint density at radius 2 is 2.08 bits per heavy atom. The van der Waals surface area contributed by atoms with Crippen LogP contribution < -0.4 is 15.0 Å². The van der Waals surface area contributed by atoms with Crippen molar-refractivity contribution >= 4 is 22.8 Å². The summed E-state index contributed by atoms with van der Waals surface area (Å²) < 4.78 is 5.27. The molecule has 0 aliphatic carbocycles. The number of anilines is 1. The van der Waals surface area contributed by atoms with Crippen LogP contribution in [0.1, 0.15) is 27.2 Å². The van der Waals surface area contributed by atoms with Crippen LogP contribution >= 0.6 is 0 Å². The third kappa shape index (κ3) is 4.22. The molecule has 3 rings (SSSR count). The average Bonchev–Trinajstić information content (AvgIpc) is 3.01. The predicted molar refractivity (Wildman–Crippen MR) is 99.3 cm³/mol. The molecule has 3 heterocycles. The molecule has 25 heavy (non-hydrogen) atoms. The minimum absolute atomic E-state index is 0.437. The number of pyridine rings is 1. The first-order valence-corrected chi connectivity index (χ1v) is 9.00. The number of aromatic amines is 1. The number of ether oxygens (including phenoxy) is 1. The molecule has 2 N–H and O–H groups in total. The monoisotopic (exact) mass is 345 g/mol. The molecule has 7 nitrogen and oxygen atoms in total. The molecule has 0 atom stereocenters. The van der Waals surface area contributed by atoms with Crippen LogP contribution in [-0.4, -0.2) is 59.7 Å². The lowest BCUT2D eigenvalue weighted by atomic mass is 10.2. The Balaban J connectivity index is 1.67. The number of hydrogen-bond donors (Lipinski definition) is 2. The van der Waals surface area contributed by atoms with Crippen molar-refractivity contribution in [2.75, 3.05) is 37.6 Å². The van der Waals surface area contributed by atoms with E-state index in [4.69, 9.17) is 4.74 Å². The third-order valence-corrected chi connectivity index (χ3v) is 4.56. The van der Waals surface area contributed by atoms with Crippen LogP contribution in [0.25, 0.3) is 10.9 Å². The highest BCUT2D eigenvalue weighted by Crippen LogP contribution is 2.24. The van der Waals surface area contributed by atoms with Crippen LogP contribution in [0.15, 0.2) is 18.3 Å². The second-order valence-corrected chi connectivity index (χ2v) is 6.70. The SMILES string of the molecule is CCCNC(=O)Oc1cc2cc(N3CCN(C(C)C)CC3)ncc2[nH]1. The summed E-state index contributed by atoms with van der Waals surface area (Å²) in [5.74, 6) is 1.41. The standard InChI is InChI=1S/C18H27N5O2/c1-4-5-19-18(24)25-17-11-14-10-16(20-12-15(14)21-17)23-8-6-22(7-9-23)13(2)3/h10-13,21H,4-9H2,1-3H3,(H,19,24). The topological polar surface area (TPSA) is 73.5 Å². The Morgan fingerprint density at radius 1 is 1.32 bits per heavy atom. The predicted octanol–water partition coefficient (Wildman–Crippen LogP) is 2.59. The quantitative estimate of drug-likeness (QED) is 0.871. The molecule has 0 aromatic carbocycles. The van der Waals surface area contributed by atoms with Crippen LogP contribution in [0.2, 0.25) is 0 Å². The number of nitrogens with zero attached hydrogens (tertiary/aromatic N) is 3. The Kier molecular flexibility index (Phi) is 5.43. The van der Waals surface area contributed by atoms with E-state index in [1.54, 1.807) is 6.20 Å². The van der Waals surface area contributed by atoms with Crippen molar-refractivity contribution in [1.29, 1.82) is 0 Å². The lowest BCUT2D eigenvalue weighted by Crippen LogP contribution is -2.49. The van der Waals surface area contributed by atoms with E-state index in [-0.39, 0.29) is 0 Å². The molecule has 0 saturated carbocycles. The van der Waals surface area contributed by atoms with E-state index >= 15 is 0 Å². The van der Waals surface area contributed by atoms with Gasteiger partial charge in [0.05, 0.1) is 11.7 Å². The molecule has 0 spiro atoms. The number of aromatic nitrogens is 2. The molecular formula is C18H27N5O2. The zero-order valence-electron chi connectivity index (χ0n) is 15.2. The van der Waals surface area contributed by atoms with E-state index in [2.05, 4.69) is 38.9 Å². The van der Waals surface area contributed by atoms with Gasteiger partial charge in [-0.2, -0.15) is 0 Å². The number of carbonyl (C=O) groups is 1. The maximum atomic E-state index is 11.7. The first kappa shape index (κ1) is 17.5. The average molecular weight is 345 g/mol. The summed E-state index contributed by atoms with van der Waals surface area (Å²) in [6, 6.07) is 4.48. The van der Waals surface area contributed by atoms with Crippen molar-refractivity contribution in [2.24, 2.45) is 0 Å². The fraction of sp³-hybridized carbons (Fsp3) is 0.556. The van der Waals surface area contributed by atoms with Gasteiger partial charge in [0.25, 0.3) is 0 Å². The summed E-state index contributed by atoms with van der Waals surface area (Å²) in [6.07, 6.45) is 2.24. The van der Waals surface area contributed by atoms with Gasteiger partial charge in [0.15, 0.2) is 0 Å². The second-order valence-electron chi connectivity index (χ2n) is 6.70. The van der Waals surface area contributed by atoms with Gasteiger partial charge in [0.1, 0.15) is 5.82 Å². The lowest BCUT2D eigenvalue weighted by Gasteiger charge is -2.37. The van der Waals surface area contributed by atoms with Crippen molar-refractivity contribution in [1.82, 2.24) is 20.2 Å². The van der Waals surface area contributed by atoms with E-state index in [9.17, 15) is 4.79 Å². The number of nitrogens with one attached hydrogen (secondary N) is 2.